The van der Waals surface area contributed by atoms with Gasteiger partial charge in [0.1, 0.15) is 0 Å². The van der Waals surface area contributed by atoms with Crippen LogP contribution < -0.4 is 0 Å². The van der Waals surface area contributed by atoms with Gasteiger partial charge in [-0.3, -0.25) is 0 Å². The Bertz CT molecular complexity index is 2030. The first kappa shape index (κ1) is 20.2. The lowest BCUT2D eigenvalue weighted by molar-refractivity contribution is 0.794. The summed E-state index contributed by atoms with van der Waals surface area (Å²) in [6.45, 7) is 0. The minimum absolute atomic E-state index is 0.313. The van der Waals surface area contributed by atoms with E-state index in [1.54, 1.807) is 0 Å². The van der Waals surface area contributed by atoms with Gasteiger partial charge in [-0.15, -0.1) is 0 Å². The molecule has 2 aliphatic rings. The first-order valence-electron chi connectivity index (χ1n) is 13.3. The molecule has 0 bridgehead atoms. The predicted octanol–water partition coefficient (Wildman–Crippen LogP) is 9.33. The lowest BCUT2D eigenvalue weighted by Gasteiger charge is -2.30. The SMILES string of the molecule is c1ccc(-c2cccc3c2[nH]c2c4c(ccc23)C2(c3ccccc3-c3ccccc32)c2ccccc2-4)cc1. The van der Waals surface area contributed by atoms with Crippen LogP contribution in [-0.4, -0.2) is 4.98 Å². The van der Waals surface area contributed by atoms with Crippen molar-refractivity contribution in [1.82, 2.24) is 4.98 Å². The van der Waals surface area contributed by atoms with E-state index in [0.717, 1.165) is 0 Å². The van der Waals surface area contributed by atoms with E-state index in [-0.39, 0.29) is 5.41 Å². The number of aromatic nitrogens is 1. The summed E-state index contributed by atoms with van der Waals surface area (Å²) in [6, 6.07) is 49.1. The van der Waals surface area contributed by atoms with Gasteiger partial charge in [-0.05, 0) is 44.5 Å². The summed E-state index contributed by atoms with van der Waals surface area (Å²) in [5.41, 5.74) is 15.4. The molecular weight excluding hydrogens is 458 g/mol. The number of rotatable bonds is 1. The Morgan fingerprint density at radius 3 is 1.63 bits per heavy atom. The van der Waals surface area contributed by atoms with E-state index in [2.05, 4.69) is 138 Å². The third kappa shape index (κ3) is 2.29. The molecule has 2 aliphatic carbocycles. The fraction of sp³-hybridized carbons (Fsp3) is 0.0270. The van der Waals surface area contributed by atoms with E-state index in [9.17, 15) is 0 Å². The van der Waals surface area contributed by atoms with Crippen LogP contribution >= 0.6 is 0 Å². The van der Waals surface area contributed by atoms with Crippen LogP contribution in [0.15, 0.2) is 133 Å². The maximum absolute atomic E-state index is 3.94. The zero-order chi connectivity index (χ0) is 24.8. The molecule has 0 unspecified atom stereocenters. The lowest BCUT2D eigenvalue weighted by Crippen LogP contribution is -2.25. The lowest BCUT2D eigenvalue weighted by atomic mass is 9.70. The molecule has 1 nitrogen and oxygen atoms in total. The molecule has 1 N–H and O–H groups in total. The van der Waals surface area contributed by atoms with Crippen LogP contribution in [-0.2, 0) is 5.41 Å². The topological polar surface area (TPSA) is 15.8 Å². The molecule has 1 aromatic heterocycles. The molecule has 0 radical (unpaired) electrons. The van der Waals surface area contributed by atoms with Gasteiger partial charge < -0.3 is 4.98 Å². The average molecular weight is 482 g/mol. The van der Waals surface area contributed by atoms with E-state index < -0.39 is 0 Å². The fourth-order valence-electron chi connectivity index (χ4n) is 7.43. The van der Waals surface area contributed by atoms with Gasteiger partial charge in [0.05, 0.1) is 16.4 Å². The van der Waals surface area contributed by atoms with Crippen LogP contribution in [0.5, 0.6) is 0 Å². The van der Waals surface area contributed by atoms with Crippen LogP contribution in [0.4, 0.5) is 0 Å². The van der Waals surface area contributed by atoms with Crippen molar-refractivity contribution in [3.05, 3.63) is 156 Å². The van der Waals surface area contributed by atoms with Crippen LogP contribution in [0.25, 0.3) is 55.2 Å². The summed E-state index contributed by atoms with van der Waals surface area (Å²) in [6.07, 6.45) is 0. The van der Waals surface area contributed by atoms with Gasteiger partial charge in [0.2, 0.25) is 0 Å². The zero-order valence-electron chi connectivity index (χ0n) is 20.7. The number of hydrogen-bond donors (Lipinski definition) is 1. The summed E-state index contributed by atoms with van der Waals surface area (Å²) < 4.78 is 0. The van der Waals surface area contributed by atoms with E-state index >= 15 is 0 Å². The molecule has 0 saturated heterocycles. The average Bonchev–Trinajstić information content (AvgIpc) is 3.61. The largest absolute Gasteiger partial charge is 0.353 e. The number of hydrogen-bond acceptors (Lipinski definition) is 0. The Hall–Kier alpha value is -4.88. The fourth-order valence-corrected chi connectivity index (χ4v) is 7.43. The molecule has 1 heteroatoms. The molecule has 0 fully saturated rings. The molecule has 0 aliphatic heterocycles. The van der Waals surface area contributed by atoms with E-state index in [1.165, 1.54) is 77.4 Å². The minimum atomic E-state index is -0.313. The number of aromatic amines is 1. The highest BCUT2D eigenvalue weighted by Gasteiger charge is 2.51. The number of benzene rings is 6. The summed E-state index contributed by atoms with van der Waals surface area (Å²) in [5, 5.41) is 2.55. The number of para-hydroxylation sites is 1. The Morgan fingerprint density at radius 1 is 0.368 bits per heavy atom. The summed E-state index contributed by atoms with van der Waals surface area (Å²) >= 11 is 0. The smallest absolute Gasteiger partial charge is 0.0726 e. The van der Waals surface area contributed by atoms with Gasteiger partial charge in [0, 0.05) is 21.9 Å². The van der Waals surface area contributed by atoms with Gasteiger partial charge in [-0.25, -0.2) is 0 Å². The van der Waals surface area contributed by atoms with E-state index in [0.29, 0.717) is 0 Å². The molecule has 38 heavy (non-hydrogen) atoms. The Kier molecular flexibility index (Phi) is 3.78. The highest BCUT2D eigenvalue weighted by Crippen LogP contribution is 2.63. The molecule has 0 atom stereocenters. The first-order chi connectivity index (χ1) is 18.9. The third-order valence-electron chi connectivity index (χ3n) is 8.85. The molecule has 0 amide bonds. The van der Waals surface area contributed by atoms with Crippen molar-refractivity contribution in [2.75, 3.05) is 0 Å². The van der Waals surface area contributed by atoms with Crippen LogP contribution in [0.2, 0.25) is 0 Å². The van der Waals surface area contributed by atoms with Gasteiger partial charge in [0.15, 0.2) is 0 Å². The van der Waals surface area contributed by atoms with Crippen molar-refractivity contribution in [3.8, 4) is 33.4 Å². The van der Waals surface area contributed by atoms with Crippen molar-refractivity contribution in [2.24, 2.45) is 0 Å². The zero-order valence-corrected chi connectivity index (χ0v) is 20.7. The van der Waals surface area contributed by atoms with Crippen LogP contribution in [0, 0.1) is 0 Å². The maximum atomic E-state index is 3.94. The summed E-state index contributed by atoms with van der Waals surface area (Å²) in [7, 11) is 0. The normalized spacial score (nSPS) is 14.0. The molecule has 176 valence electrons. The minimum Gasteiger partial charge on any atom is -0.353 e. The van der Waals surface area contributed by atoms with Crippen LogP contribution in [0.3, 0.4) is 0 Å². The van der Waals surface area contributed by atoms with Gasteiger partial charge in [-0.2, -0.15) is 0 Å². The second-order valence-electron chi connectivity index (χ2n) is 10.5. The highest BCUT2D eigenvalue weighted by atomic mass is 14.7. The van der Waals surface area contributed by atoms with E-state index in [4.69, 9.17) is 0 Å². The Balaban J connectivity index is 1.45. The molecule has 7 aromatic rings. The molecule has 9 rings (SSSR count). The van der Waals surface area contributed by atoms with Crippen molar-refractivity contribution in [3.63, 3.8) is 0 Å². The van der Waals surface area contributed by atoms with Crippen molar-refractivity contribution in [2.45, 2.75) is 5.41 Å². The molecule has 0 saturated carbocycles. The Morgan fingerprint density at radius 2 is 0.921 bits per heavy atom. The summed E-state index contributed by atoms with van der Waals surface area (Å²) in [4.78, 5) is 3.94. The first-order valence-corrected chi connectivity index (χ1v) is 13.3. The van der Waals surface area contributed by atoms with Gasteiger partial charge in [0.25, 0.3) is 0 Å². The standard InChI is InChI=1S/C37H23N/c1-2-11-23(12-3-1)24-16-10-17-27-28-21-22-33-34(36(28)38-35(24)27)29-15-6-9-20-32(29)37(33)30-18-7-4-13-25(30)26-14-5-8-19-31(26)37/h1-22,38H. The second kappa shape index (κ2) is 7.12. The number of nitrogens with one attached hydrogen (secondary N) is 1. The predicted molar refractivity (Wildman–Crippen MR) is 158 cm³/mol. The number of H-pyrrole nitrogens is 1. The monoisotopic (exact) mass is 481 g/mol. The summed E-state index contributed by atoms with van der Waals surface area (Å²) in [5.74, 6) is 0. The van der Waals surface area contributed by atoms with E-state index in [1.807, 2.05) is 0 Å². The van der Waals surface area contributed by atoms with Crippen LogP contribution in [0.1, 0.15) is 22.3 Å². The van der Waals surface area contributed by atoms with Crippen molar-refractivity contribution >= 4 is 21.8 Å². The second-order valence-corrected chi connectivity index (χ2v) is 10.5. The molecule has 6 aromatic carbocycles. The van der Waals surface area contributed by atoms with Crippen molar-refractivity contribution in [1.29, 1.82) is 0 Å². The van der Waals surface area contributed by atoms with Crippen molar-refractivity contribution < 1.29 is 0 Å². The third-order valence-corrected chi connectivity index (χ3v) is 8.85. The molecule has 1 spiro atoms. The Labute approximate surface area is 221 Å². The van der Waals surface area contributed by atoms with Gasteiger partial charge in [-0.1, -0.05) is 133 Å². The maximum Gasteiger partial charge on any atom is 0.0726 e. The molecule has 1 heterocycles. The molecular formula is C37H23N. The highest BCUT2D eigenvalue weighted by molar-refractivity contribution is 6.17. The van der Waals surface area contributed by atoms with Gasteiger partial charge >= 0.3 is 0 Å². The quantitative estimate of drug-likeness (QED) is 0.240. The number of fused-ring (bicyclic) bond motifs is 14.